The summed E-state index contributed by atoms with van der Waals surface area (Å²) in [5.74, 6) is -0.105. The minimum Gasteiger partial charge on any atom is -0.375 e. The zero-order valence-corrected chi connectivity index (χ0v) is 13.1. The molecule has 21 heavy (non-hydrogen) atoms. The molecule has 0 radical (unpaired) electrons. The number of rotatable bonds is 5. The lowest BCUT2D eigenvalue weighted by molar-refractivity contribution is -0.119. The molecule has 0 aliphatic rings. The third-order valence-corrected chi connectivity index (χ3v) is 3.74. The molecule has 0 fully saturated rings. The van der Waals surface area contributed by atoms with Crippen LogP contribution >= 0.6 is 23.2 Å². The molecule has 2 aromatic rings. The standard InChI is InChI=1S/C16H16Cl2N2O/c1-11-7-14(18)15(8-13(11)17)19-10-16(21)20-9-12-5-3-2-4-6-12/h2-8,19H,9-10H2,1H3,(H,20,21). The van der Waals surface area contributed by atoms with Crippen molar-refractivity contribution in [1.29, 1.82) is 0 Å². The maximum absolute atomic E-state index is 11.8. The van der Waals surface area contributed by atoms with Crippen LogP contribution in [0, 0.1) is 6.92 Å². The number of anilines is 1. The van der Waals surface area contributed by atoms with Gasteiger partial charge in [-0.3, -0.25) is 4.79 Å². The van der Waals surface area contributed by atoms with Gasteiger partial charge in [-0.2, -0.15) is 0 Å². The fourth-order valence-corrected chi connectivity index (χ4v) is 2.26. The average Bonchev–Trinajstić information content (AvgIpc) is 2.48. The number of halogens is 2. The highest BCUT2D eigenvalue weighted by Crippen LogP contribution is 2.28. The monoisotopic (exact) mass is 322 g/mol. The molecule has 0 aliphatic carbocycles. The first-order chi connectivity index (χ1) is 10.1. The van der Waals surface area contributed by atoms with E-state index in [2.05, 4.69) is 10.6 Å². The van der Waals surface area contributed by atoms with E-state index in [0.29, 0.717) is 22.3 Å². The van der Waals surface area contributed by atoms with E-state index in [1.54, 1.807) is 12.1 Å². The van der Waals surface area contributed by atoms with E-state index in [1.165, 1.54) is 0 Å². The van der Waals surface area contributed by atoms with Gasteiger partial charge in [0.25, 0.3) is 0 Å². The number of hydrogen-bond donors (Lipinski definition) is 2. The lowest BCUT2D eigenvalue weighted by atomic mass is 10.2. The van der Waals surface area contributed by atoms with Crippen LogP contribution in [0.5, 0.6) is 0 Å². The fourth-order valence-electron chi connectivity index (χ4n) is 1.82. The summed E-state index contributed by atoms with van der Waals surface area (Å²) < 4.78 is 0. The van der Waals surface area contributed by atoms with Gasteiger partial charge in [0.2, 0.25) is 5.91 Å². The summed E-state index contributed by atoms with van der Waals surface area (Å²) in [6.45, 7) is 2.53. The summed E-state index contributed by atoms with van der Waals surface area (Å²) in [7, 11) is 0. The van der Waals surface area contributed by atoms with Gasteiger partial charge < -0.3 is 10.6 Å². The first kappa shape index (κ1) is 15.7. The maximum atomic E-state index is 11.8. The molecule has 110 valence electrons. The highest BCUT2D eigenvalue weighted by Gasteiger charge is 2.06. The molecule has 2 rings (SSSR count). The smallest absolute Gasteiger partial charge is 0.239 e. The number of amides is 1. The van der Waals surface area contributed by atoms with Crippen LogP contribution in [0.3, 0.4) is 0 Å². The highest BCUT2D eigenvalue weighted by atomic mass is 35.5. The second-order valence-electron chi connectivity index (χ2n) is 4.70. The van der Waals surface area contributed by atoms with Crippen LogP contribution in [0.2, 0.25) is 10.0 Å². The van der Waals surface area contributed by atoms with Crippen LogP contribution in [0.1, 0.15) is 11.1 Å². The summed E-state index contributed by atoms with van der Waals surface area (Å²) in [5.41, 5.74) is 2.62. The average molecular weight is 323 g/mol. The lowest BCUT2D eigenvalue weighted by Crippen LogP contribution is -2.29. The molecule has 3 nitrogen and oxygen atoms in total. The van der Waals surface area contributed by atoms with Gasteiger partial charge in [-0.25, -0.2) is 0 Å². The second-order valence-corrected chi connectivity index (χ2v) is 5.51. The Morgan fingerprint density at radius 1 is 1.10 bits per heavy atom. The number of carbonyl (C=O) groups is 1. The maximum Gasteiger partial charge on any atom is 0.239 e. The molecule has 0 aliphatic heterocycles. The summed E-state index contributed by atoms with van der Waals surface area (Å²) >= 11 is 12.1. The first-order valence-electron chi connectivity index (χ1n) is 6.56. The lowest BCUT2D eigenvalue weighted by Gasteiger charge is -2.11. The largest absolute Gasteiger partial charge is 0.375 e. The summed E-state index contributed by atoms with van der Waals surface area (Å²) in [5, 5.41) is 6.99. The fraction of sp³-hybridized carbons (Fsp3) is 0.188. The SMILES string of the molecule is Cc1cc(Cl)c(NCC(=O)NCc2ccccc2)cc1Cl. The molecule has 5 heteroatoms. The van der Waals surface area contributed by atoms with Crippen LogP contribution in [-0.4, -0.2) is 12.5 Å². The highest BCUT2D eigenvalue weighted by molar-refractivity contribution is 6.35. The quantitative estimate of drug-likeness (QED) is 0.872. The van der Waals surface area contributed by atoms with E-state index < -0.39 is 0 Å². The Labute approximate surface area is 134 Å². The third kappa shape index (κ3) is 4.66. The van der Waals surface area contributed by atoms with E-state index in [4.69, 9.17) is 23.2 Å². The van der Waals surface area contributed by atoms with E-state index in [-0.39, 0.29) is 12.5 Å². The summed E-state index contributed by atoms with van der Waals surface area (Å²) in [4.78, 5) is 11.8. The van der Waals surface area contributed by atoms with Crippen LogP contribution in [0.4, 0.5) is 5.69 Å². The van der Waals surface area contributed by atoms with Gasteiger partial charge in [0, 0.05) is 11.6 Å². The van der Waals surface area contributed by atoms with Gasteiger partial charge in [-0.05, 0) is 30.2 Å². The molecule has 0 spiro atoms. The van der Waals surface area contributed by atoms with Crippen molar-refractivity contribution in [3.63, 3.8) is 0 Å². The van der Waals surface area contributed by atoms with Crippen LogP contribution in [0.25, 0.3) is 0 Å². The molecular formula is C16H16Cl2N2O. The van der Waals surface area contributed by atoms with Gasteiger partial charge in [-0.1, -0.05) is 53.5 Å². The summed E-state index contributed by atoms with van der Waals surface area (Å²) in [6, 6.07) is 13.2. The molecule has 2 N–H and O–H groups in total. The Kier molecular flexibility index (Phi) is 5.48. The van der Waals surface area contributed by atoms with Crippen LogP contribution in [-0.2, 0) is 11.3 Å². The van der Waals surface area contributed by atoms with Gasteiger partial charge in [-0.15, -0.1) is 0 Å². The third-order valence-electron chi connectivity index (χ3n) is 3.02. The van der Waals surface area contributed by atoms with Gasteiger partial charge >= 0.3 is 0 Å². The van der Waals surface area contributed by atoms with Crippen LogP contribution < -0.4 is 10.6 Å². The minimum atomic E-state index is -0.105. The molecule has 0 aromatic heterocycles. The van der Waals surface area contributed by atoms with Crippen molar-refractivity contribution >= 4 is 34.8 Å². The molecule has 0 unspecified atom stereocenters. The Hall–Kier alpha value is -1.71. The Morgan fingerprint density at radius 3 is 2.52 bits per heavy atom. The predicted octanol–water partition coefficient (Wildman–Crippen LogP) is 4.03. The second kappa shape index (κ2) is 7.34. The van der Waals surface area contributed by atoms with Crippen molar-refractivity contribution < 1.29 is 4.79 Å². The van der Waals surface area contributed by atoms with Crippen LogP contribution in [0.15, 0.2) is 42.5 Å². The number of nitrogens with one attached hydrogen (secondary N) is 2. The van der Waals surface area contributed by atoms with Gasteiger partial charge in [0.05, 0.1) is 17.3 Å². The van der Waals surface area contributed by atoms with E-state index in [1.807, 2.05) is 37.3 Å². The molecule has 2 aromatic carbocycles. The number of aryl methyl sites for hydroxylation is 1. The van der Waals surface area contributed by atoms with E-state index in [9.17, 15) is 4.79 Å². The van der Waals surface area contributed by atoms with Crippen molar-refractivity contribution in [3.05, 3.63) is 63.6 Å². The zero-order valence-electron chi connectivity index (χ0n) is 11.6. The van der Waals surface area contributed by atoms with Crippen molar-refractivity contribution in [2.75, 3.05) is 11.9 Å². The molecule has 1 amide bonds. The van der Waals surface area contributed by atoms with Gasteiger partial charge in [0.1, 0.15) is 0 Å². The zero-order chi connectivity index (χ0) is 15.2. The number of hydrogen-bond acceptors (Lipinski definition) is 2. The van der Waals surface area contributed by atoms with E-state index >= 15 is 0 Å². The first-order valence-corrected chi connectivity index (χ1v) is 7.32. The predicted molar refractivity (Wildman–Crippen MR) is 88.0 cm³/mol. The van der Waals surface area contributed by atoms with Crippen molar-refractivity contribution in [1.82, 2.24) is 5.32 Å². The Morgan fingerprint density at radius 2 is 1.81 bits per heavy atom. The molecule has 0 atom stereocenters. The summed E-state index contributed by atoms with van der Waals surface area (Å²) in [6.07, 6.45) is 0. The van der Waals surface area contributed by atoms with Crippen molar-refractivity contribution in [2.24, 2.45) is 0 Å². The molecule has 0 bridgehead atoms. The Balaban J connectivity index is 1.85. The Bertz CT molecular complexity index is 630. The normalized spacial score (nSPS) is 10.2. The minimum absolute atomic E-state index is 0.105. The molecule has 0 heterocycles. The van der Waals surface area contributed by atoms with E-state index in [0.717, 1.165) is 11.1 Å². The molecule has 0 saturated carbocycles. The van der Waals surface area contributed by atoms with Gasteiger partial charge in [0.15, 0.2) is 0 Å². The number of carbonyl (C=O) groups excluding carboxylic acids is 1. The van der Waals surface area contributed by atoms with Crippen molar-refractivity contribution in [2.45, 2.75) is 13.5 Å². The molecular weight excluding hydrogens is 307 g/mol. The van der Waals surface area contributed by atoms with Crippen molar-refractivity contribution in [3.8, 4) is 0 Å². The molecule has 0 saturated heterocycles. The number of benzene rings is 2. The topological polar surface area (TPSA) is 41.1 Å².